The van der Waals surface area contributed by atoms with Crippen LogP contribution in [0.3, 0.4) is 0 Å². The lowest BCUT2D eigenvalue weighted by Gasteiger charge is -2.37. The molecule has 2 aliphatic rings. The zero-order valence-corrected chi connectivity index (χ0v) is 21.6. The first-order valence-corrected chi connectivity index (χ1v) is 13.3. The number of nitrogens with zero attached hydrogens (tertiary/aromatic N) is 3. The van der Waals surface area contributed by atoms with Gasteiger partial charge in [-0.2, -0.15) is 0 Å². The van der Waals surface area contributed by atoms with E-state index in [2.05, 4.69) is 4.98 Å². The van der Waals surface area contributed by atoms with Gasteiger partial charge in [0, 0.05) is 41.1 Å². The van der Waals surface area contributed by atoms with E-state index in [1.54, 1.807) is 16.8 Å². The van der Waals surface area contributed by atoms with Crippen LogP contribution in [0.5, 0.6) is 0 Å². The highest BCUT2D eigenvalue weighted by Crippen LogP contribution is 2.36. The van der Waals surface area contributed by atoms with Gasteiger partial charge in [0.2, 0.25) is 0 Å². The summed E-state index contributed by atoms with van der Waals surface area (Å²) in [6.07, 6.45) is 5.02. The van der Waals surface area contributed by atoms with Crippen molar-refractivity contribution in [2.75, 3.05) is 0 Å². The summed E-state index contributed by atoms with van der Waals surface area (Å²) in [6.45, 7) is 2.81. The van der Waals surface area contributed by atoms with Gasteiger partial charge in [0.05, 0.1) is 29.9 Å². The highest BCUT2D eigenvalue weighted by atomic mass is 16.3. The van der Waals surface area contributed by atoms with Crippen LogP contribution < -0.4 is 5.56 Å². The molecule has 3 heterocycles. The third-order valence-corrected chi connectivity index (χ3v) is 8.01. The third kappa shape index (κ3) is 4.72. The highest BCUT2D eigenvalue weighted by molar-refractivity contribution is 6.16. The van der Waals surface area contributed by atoms with Gasteiger partial charge in [-0.1, -0.05) is 36.8 Å². The van der Waals surface area contributed by atoms with Crippen molar-refractivity contribution in [1.29, 1.82) is 0 Å². The first-order chi connectivity index (χ1) is 18.4. The molecule has 6 heteroatoms. The second-order valence-corrected chi connectivity index (χ2v) is 10.9. The second-order valence-electron chi connectivity index (χ2n) is 10.9. The molecule has 0 bridgehead atoms. The molecule has 1 N–H and O–H groups in total. The summed E-state index contributed by atoms with van der Waals surface area (Å²) in [7, 11) is 0. The average molecular weight is 506 g/mol. The van der Waals surface area contributed by atoms with Crippen molar-refractivity contribution in [2.24, 2.45) is 10.9 Å². The highest BCUT2D eigenvalue weighted by Gasteiger charge is 2.36. The van der Waals surface area contributed by atoms with Crippen molar-refractivity contribution >= 4 is 22.4 Å². The third-order valence-electron chi connectivity index (χ3n) is 8.01. The van der Waals surface area contributed by atoms with Gasteiger partial charge < -0.3 is 9.67 Å². The van der Waals surface area contributed by atoms with E-state index >= 15 is 0 Å². The lowest BCUT2D eigenvalue weighted by molar-refractivity contribution is -0.0300. The zero-order chi connectivity index (χ0) is 26.3. The van der Waals surface area contributed by atoms with Crippen molar-refractivity contribution in [3.05, 3.63) is 111 Å². The number of aromatic nitrogens is 2. The first-order valence-electron chi connectivity index (χ1n) is 13.3. The van der Waals surface area contributed by atoms with Gasteiger partial charge in [-0.25, -0.2) is 0 Å². The second kappa shape index (κ2) is 9.76. The SMILES string of the molecule is Cc1cc(C2=NCc3ccc(C(=O)C[C@@H]4CCC[C@@](O)(Cn5c(=O)ccc6ccccc65)C4)cc32)ccn1. The van der Waals surface area contributed by atoms with Crippen molar-refractivity contribution in [2.45, 2.75) is 57.7 Å². The standard InChI is InChI=1S/C32H31N3O3/c1-21-15-25(12-14-33-21)31-27-17-24(8-9-26(27)19-34-31)29(36)16-22-5-4-13-32(38,18-22)20-35-28-7-3-2-6-23(28)10-11-30(35)37/h2-3,6-12,14-15,17,22,38H,4-5,13,16,18-20H2,1H3/t22-,32-/m0/s1. The van der Waals surface area contributed by atoms with Gasteiger partial charge in [-0.05, 0) is 73.4 Å². The van der Waals surface area contributed by atoms with E-state index in [4.69, 9.17) is 4.99 Å². The Hall–Kier alpha value is -3.90. The maximum atomic E-state index is 13.4. The van der Waals surface area contributed by atoms with Gasteiger partial charge in [0.25, 0.3) is 5.56 Å². The molecule has 0 saturated heterocycles. The number of ketones is 1. The van der Waals surface area contributed by atoms with Crippen LogP contribution in [0.2, 0.25) is 0 Å². The number of carbonyl (C=O) groups excluding carboxylic acids is 1. The van der Waals surface area contributed by atoms with Crippen LogP contribution >= 0.6 is 0 Å². The number of pyridine rings is 2. The lowest BCUT2D eigenvalue weighted by atomic mass is 9.75. The van der Waals surface area contributed by atoms with Crippen LogP contribution in [-0.4, -0.2) is 31.8 Å². The Kier molecular flexibility index (Phi) is 6.28. The molecule has 0 amide bonds. The molecule has 2 aromatic heterocycles. The fourth-order valence-electron chi connectivity index (χ4n) is 6.16. The van der Waals surface area contributed by atoms with Gasteiger partial charge in [-0.3, -0.25) is 19.6 Å². The summed E-state index contributed by atoms with van der Waals surface area (Å²) in [6, 6.07) is 21.0. The van der Waals surface area contributed by atoms with Gasteiger partial charge >= 0.3 is 0 Å². The Morgan fingerprint density at radius 2 is 1.97 bits per heavy atom. The number of rotatable bonds is 6. The molecule has 2 atom stereocenters. The number of para-hydroxylation sites is 1. The van der Waals surface area contributed by atoms with Crippen LogP contribution in [0.25, 0.3) is 10.9 Å². The monoisotopic (exact) mass is 505 g/mol. The van der Waals surface area contributed by atoms with Gasteiger partial charge in [-0.15, -0.1) is 0 Å². The van der Waals surface area contributed by atoms with Crippen LogP contribution in [0.15, 0.2) is 82.7 Å². The fourth-order valence-corrected chi connectivity index (χ4v) is 6.16. The van der Waals surface area contributed by atoms with Crippen LogP contribution in [0.1, 0.15) is 64.8 Å². The summed E-state index contributed by atoms with van der Waals surface area (Å²) in [5.41, 5.74) is 5.37. The smallest absolute Gasteiger partial charge is 0.251 e. The van der Waals surface area contributed by atoms with Gasteiger partial charge in [0.1, 0.15) is 0 Å². The van der Waals surface area contributed by atoms with Crippen molar-refractivity contribution in [3.63, 3.8) is 0 Å². The minimum absolute atomic E-state index is 0.0659. The molecular weight excluding hydrogens is 474 g/mol. The quantitative estimate of drug-likeness (QED) is 0.363. The molecular formula is C32H31N3O3. The Morgan fingerprint density at radius 1 is 1.11 bits per heavy atom. The summed E-state index contributed by atoms with van der Waals surface area (Å²) < 4.78 is 1.68. The minimum atomic E-state index is -1.02. The molecule has 0 unspecified atom stereocenters. The topological polar surface area (TPSA) is 84.5 Å². The Balaban J connectivity index is 1.19. The number of benzene rings is 2. The summed E-state index contributed by atoms with van der Waals surface area (Å²) in [5.74, 6) is 0.151. The molecule has 0 radical (unpaired) electrons. The van der Waals surface area contributed by atoms with Crippen molar-refractivity contribution in [1.82, 2.24) is 9.55 Å². The molecule has 192 valence electrons. The minimum Gasteiger partial charge on any atom is -0.388 e. The summed E-state index contributed by atoms with van der Waals surface area (Å²) >= 11 is 0. The Morgan fingerprint density at radius 3 is 2.84 bits per heavy atom. The molecule has 1 fully saturated rings. The molecule has 4 aromatic rings. The van der Waals surface area contributed by atoms with Crippen molar-refractivity contribution in [3.8, 4) is 0 Å². The molecule has 6 nitrogen and oxygen atoms in total. The first kappa shape index (κ1) is 24.4. The number of carbonyl (C=O) groups is 1. The van der Waals surface area contributed by atoms with Crippen molar-refractivity contribution < 1.29 is 9.90 Å². The van der Waals surface area contributed by atoms with Crippen LogP contribution in [-0.2, 0) is 13.1 Å². The van der Waals surface area contributed by atoms with E-state index in [0.29, 0.717) is 31.4 Å². The predicted molar refractivity (Wildman–Crippen MR) is 149 cm³/mol. The van der Waals surface area contributed by atoms with Gasteiger partial charge in [0.15, 0.2) is 5.78 Å². The zero-order valence-electron chi connectivity index (χ0n) is 21.6. The van der Waals surface area contributed by atoms with E-state index in [1.807, 2.05) is 67.6 Å². The number of aliphatic imine (C=N–C) groups is 1. The lowest BCUT2D eigenvalue weighted by Crippen LogP contribution is -2.42. The summed E-state index contributed by atoms with van der Waals surface area (Å²) in [4.78, 5) is 35.2. The number of aliphatic hydroxyl groups is 1. The maximum Gasteiger partial charge on any atom is 0.251 e. The molecule has 2 aromatic carbocycles. The molecule has 0 spiro atoms. The normalized spacial score (nSPS) is 20.8. The molecule has 6 rings (SSSR count). The largest absolute Gasteiger partial charge is 0.388 e. The van der Waals surface area contributed by atoms with E-state index in [9.17, 15) is 14.7 Å². The molecule has 1 aliphatic carbocycles. The number of hydrogen-bond acceptors (Lipinski definition) is 5. The Bertz CT molecular complexity index is 1640. The number of aryl methyl sites for hydroxylation is 1. The number of hydrogen-bond donors (Lipinski definition) is 1. The Labute approximate surface area is 221 Å². The van der Waals surface area contributed by atoms with E-state index in [-0.39, 0.29) is 23.8 Å². The predicted octanol–water partition coefficient (Wildman–Crippen LogP) is 5.25. The van der Waals surface area contributed by atoms with Crippen LogP contribution in [0, 0.1) is 12.8 Å². The number of Topliss-reactive ketones (excluding diaryl/α,β-unsaturated/α-hetero) is 1. The van der Waals surface area contributed by atoms with Crippen LogP contribution in [0.4, 0.5) is 0 Å². The van der Waals surface area contributed by atoms with E-state index in [0.717, 1.165) is 51.8 Å². The average Bonchev–Trinajstić information content (AvgIpc) is 3.34. The summed E-state index contributed by atoms with van der Waals surface area (Å²) in [5, 5.41) is 12.6. The fraction of sp³-hybridized carbons (Fsp3) is 0.312. The molecule has 38 heavy (non-hydrogen) atoms. The van der Waals surface area contributed by atoms with E-state index in [1.165, 1.54) is 0 Å². The molecule has 1 saturated carbocycles. The molecule has 1 aliphatic heterocycles. The maximum absolute atomic E-state index is 13.4. The van der Waals surface area contributed by atoms with E-state index < -0.39 is 5.60 Å². The number of fused-ring (bicyclic) bond motifs is 2.